The van der Waals surface area contributed by atoms with Gasteiger partial charge in [0.05, 0.1) is 12.8 Å². The first-order valence-corrected chi connectivity index (χ1v) is 8.43. The Morgan fingerprint density at radius 2 is 1.58 bits per heavy atom. The van der Waals surface area contributed by atoms with Crippen molar-refractivity contribution in [2.45, 2.75) is 20.0 Å². The molecule has 2 heterocycles. The standard InChI is InChI=1S/C17H22N2O.C2H2O4/c1-15-4-2-5-16(12-15)13-18-7-9-19(10-8-18)14-17-6-3-11-20-17;3-1(4)2(5)6/h2-6,11-12H,7-10,13-14H2,1H3;(H,3,4)(H,5,6). The van der Waals surface area contributed by atoms with E-state index >= 15 is 0 Å². The molecule has 0 atom stereocenters. The van der Waals surface area contributed by atoms with Crippen LogP contribution in [0.25, 0.3) is 0 Å². The molecule has 0 bridgehead atoms. The van der Waals surface area contributed by atoms with Crippen LogP contribution in [0.2, 0.25) is 0 Å². The molecule has 7 heteroatoms. The molecule has 2 aromatic rings. The number of benzene rings is 1. The highest BCUT2D eigenvalue weighted by atomic mass is 16.4. The van der Waals surface area contributed by atoms with Crippen LogP contribution >= 0.6 is 0 Å². The number of aryl methyl sites for hydroxylation is 1. The molecule has 26 heavy (non-hydrogen) atoms. The third-order valence-electron chi connectivity index (χ3n) is 4.10. The quantitative estimate of drug-likeness (QED) is 0.806. The van der Waals surface area contributed by atoms with E-state index in [0.717, 1.165) is 45.0 Å². The lowest BCUT2D eigenvalue weighted by Gasteiger charge is -2.34. The van der Waals surface area contributed by atoms with Crippen molar-refractivity contribution in [3.63, 3.8) is 0 Å². The van der Waals surface area contributed by atoms with Crippen molar-refractivity contribution >= 4 is 11.9 Å². The zero-order valence-electron chi connectivity index (χ0n) is 14.8. The lowest BCUT2D eigenvalue weighted by atomic mass is 10.1. The molecule has 0 amide bonds. The van der Waals surface area contributed by atoms with Crippen LogP contribution in [0.4, 0.5) is 0 Å². The summed E-state index contributed by atoms with van der Waals surface area (Å²) in [5.41, 5.74) is 2.77. The second-order valence-corrected chi connectivity index (χ2v) is 6.23. The summed E-state index contributed by atoms with van der Waals surface area (Å²) < 4.78 is 5.42. The maximum atomic E-state index is 9.10. The van der Waals surface area contributed by atoms with Crippen LogP contribution in [0.1, 0.15) is 16.9 Å². The molecule has 1 aromatic heterocycles. The Kier molecular flexibility index (Phi) is 7.37. The number of furan rings is 1. The highest BCUT2D eigenvalue weighted by molar-refractivity contribution is 6.27. The lowest BCUT2D eigenvalue weighted by molar-refractivity contribution is -0.159. The van der Waals surface area contributed by atoms with E-state index < -0.39 is 11.9 Å². The van der Waals surface area contributed by atoms with Crippen LogP contribution in [0, 0.1) is 6.92 Å². The van der Waals surface area contributed by atoms with Crippen LogP contribution in [0.5, 0.6) is 0 Å². The van der Waals surface area contributed by atoms with Gasteiger partial charge in [-0.3, -0.25) is 9.80 Å². The summed E-state index contributed by atoms with van der Waals surface area (Å²) in [5, 5.41) is 14.8. The highest BCUT2D eigenvalue weighted by Crippen LogP contribution is 2.12. The van der Waals surface area contributed by atoms with Crippen molar-refractivity contribution < 1.29 is 24.2 Å². The van der Waals surface area contributed by atoms with Crippen LogP contribution in [0.3, 0.4) is 0 Å². The lowest BCUT2D eigenvalue weighted by Crippen LogP contribution is -2.45. The summed E-state index contributed by atoms with van der Waals surface area (Å²) in [7, 11) is 0. The largest absolute Gasteiger partial charge is 0.473 e. The fourth-order valence-electron chi connectivity index (χ4n) is 2.80. The van der Waals surface area contributed by atoms with Gasteiger partial charge in [-0.25, -0.2) is 9.59 Å². The molecule has 3 rings (SSSR count). The first-order chi connectivity index (χ1) is 12.4. The Balaban J connectivity index is 0.000000352. The average molecular weight is 360 g/mol. The number of hydrogen-bond donors (Lipinski definition) is 2. The monoisotopic (exact) mass is 360 g/mol. The summed E-state index contributed by atoms with van der Waals surface area (Å²) in [4.78, 5) is 23.2. The van der Waals surface area contributed by atoms with Gasteiger partial charge in [-0.05, 0) is 24.6 Å². The van der Waals surface area contributed by atoms with Crippen molar-refractivity contribution in [1.82, 2.24) is 9.80 Å². The molecule has 0 aliphatic carbocycles. The van der Waals surface area contributed by atoms with Crippen molar-refractivity contribution in [1.29, 1.82) is 0 Å². The van der Waals surface area contributed by atoms with Gasteiger partial charge in [0, 0.05) is 32.7 Å². The van der Waals surface area contributed by atoms with Crippen molar-refractivity contribution in [2.24, 2.45) is 0 Å². The van der Waals surface area contributed by atoms with E-state index in [1.807, 2.05) is 6.07 Å². The number of aliphatic carboxylic acids is 2. The maximum absolute atomic E-state index is 9.10. The third-order valence-corrected chi connectivity index (χ3v) is 4.10. The van der Waals surface area contributed by atoms with Gasteiger partial charge in [-0.1, -0.05) is 29.8 Å². The summed E-state index contributed by atoms with van der Waals surface area (Å²) in [6, 6.07) is 12.8. The minimum Gasteiger partial charge on any atom is -0.473 e. The van der Waals surface area contributed by atoms with Crippen molar-refractivity contribution in [3.05, 3.63) is 59.5 Å². The fraction of sp³-hybridized carbons (Fsp3) is 0.368. The molecule has 1 saturated heterocycles. The SMILES string of the molecule is Cc1cccc(CN2CCN(Cc3ccco3)CC2)c1.O=C(O)C(=O)O. The number of nitrogens with zero attached hydrogens (tertiary/aromatic N) is 2. The fourth-order valence-corrected chi connectivity index (χ4v) is 2.80. The maximum Gasteiger partial charge on any atom is 0.414 e. The Morgan fingerprint density at radius 3 is 2.08 bits per heavy atom. The molecule has 7 nitrogen and oxygen atoms in total. The molecule has 0 saturated carbocycles. The van der Waals surface area contributed by atoms with Gasteiger partial charge in [0.2, 0.25) is 0 Å². The Hall–Kier alpha value is -2.64. The number of rotatable bonds is 4. The number of hydrogen-bond acceptors (Lipinski definition) is 5. The smallest absolute Gasteiger partial charge is 0.414 e. The molecular weight excluding hydrogens is 336 g/mol. The minimum atomic E-state index is -1.82. The molecule has 0 unspecified atom stereocenters. The van der Waals surface area contributed by atoms with Gasteiger partial charge in [0.15, 0.2) is 0 Å². The topological polar surface area (TPSA) is 94.2 Å². The van der Waals surface area contributed by atoms with Gasteiger partial charge < -0.3 is 14.6 Å². The van der Waals surface area contributed by atoms with Gasteiger partial charge in [0.25, 0.3) is 0 Å². The molecule has 2 N–H and O–H groups in total. The summed E-state index contributed by atoms with van der Waals surface area (Å²) in [5.74, 6) is -2.58. The van der Waals surface area contributed by atoms with E-state index in [0.29, 0.717) is 0 Å². The highest BCUT2D eigenvalue weighted by Gasteiger charge is 2.17. The Morgan fingerprint density at radius 1 is 0.962 bits per heavy atom. The van der Waals surface area contributed by atoms with Crippen LogP contribution < -0.4 is 0 Å². The molecular formula is C19H24N2O5. The zero-order chi connectivity index (χ0) is 18.9. The third kappa shape index (κ3) is 6.70. The van der Waals surface area contributed by atoms with E-state index in [-0.39, 0.29) is 0 Å². The van der Waals surface area contributed by atoms with Gasteiger partial charge in [-0.15, -0.1) is 0 Å². The second kappa shape index (κ2) is 9.74. The first-order valence-electron chi connectivity index (χ1n) is 8.43. The molecule has 1 aliphatic rings. The molecule has 0 radical (unpaired) electrons. The molecule has 0 spiro atoms. The second-order valence-electron chi connectivity index (χ2n) is 6.23. The average Bonchev–Trinajstić information content (AvgIpc) is 3.10. The number of carboxylic acid groups (broad SMARTS) is 2. The van der Waals surface area contributed by atoms with Crippen molar-refractivity contribution in [2.75, 3.05) is 26.2 Å². The van der Waals surface area contributed by atoms with E-state index in [9.17, 15) is 0 Å². The summed E-state index contributed by atoms with van der Waals surface area (Å²) >= 11 is 0. The Bertz CT molecular complexity index is 694. The summed E-state index contributed by atoms with van der Waals surface area (Å²) in [6.07, 6.45) is 1.75. The van der Waals surface area contributed by atoms with Crippen molar-refractivity contribution in [3.8, 4) is 0 Å². The summed E-state index contributed by atoms with van der Waals surface area (Å²) in [6.45, 7) is 8.66. The number of carbonyl (C=O) groups is 2. The van der Waals surface area contributed by atoms with Crippen LogP contribution in [-0.2, 0) is 22.7 Å². The minimum absolute atomic E-state index is 0.936. The first kappa shape index (κ1) is 19.7. The molecule has 140 valence electrons. The van der Waals surface area contributed by atoms with E-state index in [2.05, 4.69) is 47.1 Å². The van der Waals surface area contributed by atoms with Crippen LogP contribution in [0.15, 0.2) is 47.1 Å². The van der Waals surface area contributed by atoms with E-state index in [4.69, 9.17) is 24.2 Å². The number of piperazine rings is 1. The molecule has 1 aromatic carbocycles. The predicted molar refractivity (Wildman–Crippen MR) is 95.7 cm³/mol. The van der Waals surface area contributed by atoms with Gasteiger partial charge in [0.1, 0.15) is 5.76 Å². The normalized spacial score (nSPS) is 15.1. The zero-order valence-corrected chi connectivity index (χ0v) is 14.8. The van der Waals surface area contributed by atoms with E-state index in [1.165, 1.54) is 11.1 Å². The number of carboxylic acids is 2. The molecule has 1 fully saturated rings. The Labute approximate surface area is 152 Å². The van der Waals surface area contributed by atoms with Gasteiger partial charge in [-0.2, -0.15) is 0 Å². The van der Waals surface area contributed by atoms with E-state index in [1.54, 1.807) is 6.26 Å². The predicted octanol–water partition coefficient (Wildman–Crippen LogP) is 2.06. The van der Waals surface area contributed by atoms with Gasteiger partial charge >= 0.3 is 11.9 Å². The molecule has 1 aliphatic heterocycles. The van der Waals surface area contributed by atoms with Crippen LogP contribution in [-0.4, -0.2) is 58.1 Å².